The van der Waals surface area contributed by atoms with Crippen molar-refractivity contribution < 1.29 is 9.13 Å². The average Bonchev–Trinajstić information content (AvgIpc) is 3.52. The number of anilines is 1. The Morgan fingerprint density at radius 3 is 2.97 bits per heavy atom. The smallest absolute Gasteiger partial charge is 0.157 e. The molecule has 0 amide bonds. The molecule has 3 aromatic heterocycles. The molecular weight excluding hydrogens is 373 g/mol. The number of hydrogen-bond donors (Lipinski definition) is 2. The fourth-order valence-corrected chi connectivity index (χ4v) is 3.79. The van der Waals surface area contributed by atoms with E-state index in [2.05, 4.69) is 25.6 Å². The average molecular weight is 397 g/mol. The van der Waals surface area contributed by atoms with Crippen LogP contribution in [0.1, 0.15) is 30.9 Å². The van der Waals surface area contributed by atoms with Crippen LogP contribution in [0.5, 0.6) is 5.75 Å². The minimum atomic E-state index is -0.793. The van der Waals surface area contributed by atoms with Gasteiger partial charge in [0.05, 0.1) is 25.7 Å². The van der Waals surface area contributed by atoms with Crippen molar-refractivity contribution in [1.29, 1.82) is 0 Å². The standard InChI is InChI=1S/C20H24FN7O/c1-29-17-6-19-25-10-16(28(19)27-20(17)12-2-3-12)15-9-23-11-18(26-15)24-8-13-7-22-5-4-14(13)21/h6,9-14,22H,2-5,7-8H2,1H3,(H,24,26)/t13-,14+/m1/s1. The van der Waals surface area contributed by atoms with Crippen LogP contribution < -0.4 is 15.4 Å². The Balaban J connectivity index is 1.41. The highest BCUT2D eigenvalue weighted by atomic mass is 19.1. The van der Waals surface area contributed by atoms with Gasteiger partial charge in [-0.05, 0) is 25.8 Å². The Bertz CT molecular complexity index is 1020. The van der Waals surface area contributed by atoms with E-state index in [1.807, 2.05) is 6.07 Å². The molecule has 0 unspecified atom stereocenters. The number of rotatable bonds is 6. The molecule has 2 N–H and O–H groups in total. The first kappa shape index (κ1) is 18.2. The summed E-state index contributed by atoms with van der Waals surface area (Å²) in [5.41, 5.74) is 3.10. The zero-order valence-electron chi connectivity index (χ0n) is 16.3. The van der Waals surface area contributed by atoms with Gasteiger partial charge in [-0.15, -0.1) is 0 Å². The summed E-state index contributed by atoms with van der Waals surface area (Å²) in [6.07, 6.45) is 7.11. The number of nitrogens with zero attached hydrogens (tertiary/aromatic N) is 5. The first-order valence-electron chi connectivity index (χ1n) is 10.1. The second-order valence-electron chi connectivity index (χ2n) is 7.72. The van der Waals surface area contributed by atoms with Gasteiger partial charge in [-0.2, -0.15) is 5.10 Å². The van der Waals surface area contributed by atoms with Gasteiger partial charge in [0, 0.05) is 31.0 Å². The second kappa shape index (κ2) is 7.55. The van der Waals surface area contributed by atoms with Crippen molar-refractivity contribution in [3.05, 3.63) is 30.4 Å². The molecule has 0 spiro atoms. The Kier molecular flexibility index (Phi) is 4.75. The number of hydrogen-bond acceptors (Lipinski definition) is 7. The van der Waals surface area contributed by atoms with Gasteiger partial charge in [0.25, 0.3) is 0 Å². The monoisotopic (exact) mass is 397 g/mol. The van der Waals surface area contributed by atoms with Crippen LogP contribution >= 0.6 is 0 Å². The molecule has 0 bridgehead atoms. The number of ether oxygens (including phenoxy) is 1. The highest BCUT2D eigenvalue weighted by Crippen LogP contribution is 2.43. The molecule has 1 saturated carbocycles. The number of imidazole rings is 1. The highest BCUT2D eigenvalue weighted by Gasteiger charge is 2.30. The van der Waals surface area contributed by atoms with E-state index in [0.717, 1.165) is 36.5 Å². The van der Waals surface area contributed by atoms with Crippen molar-refractivity contribution in [2.24, 2.45) is 5.92 Å². The van der Waals surface area contributed by atoms with Gasteiger partial charge in [0.2, 0.25) is 0 Å². The molecule has 2 atom stereocenters. The van der Waals surface area contributed by atoms with Gasteiger partial charge in [-0.25, -0.2) is 18.9 Å². The minimum absolute atomic E-state index is 0.0692. The molecule has 8 nitrogen and oxygen atoms in total. The van der Waals surface area contributed by atoms with Crippen LogP contribution in [0.25, 0.3) is 17.0 Å². The third-order valence-corrected chi connectivity index (χ3v) is 5.63. The molecule has 152 valence electrons. The van der Waals surface area contributed by atoms with Crippen LogP contribution in [0.2, 0.25) is 0 Å². The van der Waals surface area contributed by atoms with Crippen molar-refractivity contribution in [2.45, 2.75) is 31.4 Å². The summed E-state index contributed by atoms with van der Waals surface area (Å²) in [6.45, 7) is 1.92. The van der Waals surface area contributed by atoms with Crippen LogP contribution in [0, 0.1) is 5.92 Å². The summed E-state index contributed by atoms with van der Waals surface area (Å²) < 4.78 is 21.3. The molecular formula is C20H24FN7O. The lowest BCUT2D eigenvalue weighted by molar-refractivity contribution is 0.187. The van der Waals surface area contributed by atoms with Gasteiger partial charge in [-0.1, -0.05) is 0 Å². The third-order valence-electron chi connectivity index (χ3n) is 5.63. The van der Waals surface area contributed by atoms with Crippen LogP contribution in [0.3, 0.4) is 0 Å². The van der Waals surface area contributed by atoms with Crippen LogP contribution in [-0.4, -0.2) is 57.5 Å². The highest BCUT2D eigenvalue weighted by molar-refractivity contribution is 5.61. The van der Waals surface area contributed by atoms with Gasteiger partial charge in [-0.3, -0.25) is 4.98 Å². The van der Waals surface area contributed by atoms with E-state index in [1.165, 1.54) is 0 Å². The first-order valence-corrected chi connectivity index (χ1v) is 10.1. The number of aromatic nitrogens is 5. The lowest BCUT2D eigenvalue weighted by Crippen LogP contribution is -2.41. The molecule has 0 aromatic carbocycles. The van der Waals surface area contributed by atoms with E-state index < -0.39 is 6.17 Å². The number of fused-ring (bicyclic) bond motifs is 1. The van der Waals surface area contributed by atoms with Crippen molar-refractivity contribution in [1.82, 2.24) is 29.9 Å². The Morgan fingerprint density at radius 1 is 1.28 bits per heavy atom. The maximum atomic E-state index is 14.1. The van der Waals surface area contributed by atoms with Crippen LogP contribution in [0.4, 0.5) is 10.2 Å². The number of nitrogens with one attached hydrogen (secondary N) is 2. The third kappa shape index (κ3) is 3.62. The van der Waals surface area contributed by atoms with Gasteiger partial charge in [0.1, 0.15) is 34.8 Å². The molecule has 1 aliphatic heterocycles. The normalized spacial score (nSPS) is 22.0. The molecule has 5 rings (SSSR count). The number of alkyl halides is 1. The minimum Gasteiger partial charge on any atom is -0.495 e. The summed E-state index contributed by atoms with van der Waals surface area (Å²) in [5.74, 6) is 1.77. The van der Waals surface area contributed by atoms with Crippen LogP contribution in [-0.2, 0) is 0 Å². The predicted molar refractivity (Wildman–Crippen MR) is 107 cm³/mol. The van der Waals surface area contributed by atoms with Gasteiger partial charge in [0.15, 0.2) is 5.65 Å². The lowest BCUT2D eigenvalue weighted by Gasteiger charge is -2.26. The zero-order chi connectivity index (χ0) is 19.8. The maximum Gasteiger partial charge on any atom is 0.157 e. The van der Waals surface area contributed by atoms with E-state index in [9.17, 15) is 4.39 Å². The molecule has 3 aromatic rings. The first-order chi connectivity index (χ1) is 14.2. The predicted octanol–water partition coefficient (Wildman–Crippen LogP) is 2.43. The van der Waals surface area contributed by atoms with Gasteiger partial charge >= 0.3 is 0 Å². The summed E-state index contributed by atoms with van der Waals surface area (Å²) in [4.78, 5) is 13.4. The van der Waals surface area contributed by atoms with E-state index in [-0.39, 0.29) is 5.92 Å². The summed E-state index contributed by atoms with van der Waals surface area (Å²) >= 11 is 0. The topological polar surface area (TPSA) is 89.3 Å². The van der Waals surface area contributed by atoms with E-state index in [0.29, 0.717) is 42.6 Å². The van der Waals surface area contributed by atoms with E-state index >= 15 is 0 Å². The summed E-state index contributed by atoms with van der Waals surface area (Å²) in [7, 11) is 1.66. The fraction of sp³-hybridized carbons (Fsp3) is 0.500. The molecule has 29 heavy (non-hydrogen) atoms. The lowest BCUT2D eigenvalue weighted by atomic mass is 9.97. The van der Waals surface area contributed by atoms with Crippen molar-refractivity contribution in [3.8, 4) is 17.1 Å². The Labute approximate surface area is 167 Å². The quantitative estimate of drug-likeness (QED) is 0.660. The molecule has 0 radical (unpaired) electrons. The summed E-state index contributed by atoms with van der Waals surface area (Å²) in [6, 6.07) is 1.91. The SMILES string of the molecule is COc1cc2ncc(-c3cncc(NC[C@H]4CNCC[C@@H]4F)n3)n2nc1C1CC1. The van der Waals surface area contributed by atoms with Crippen molar-refractivity contribution >= 4 is 11.5 Å². The van der Waals surface area contributed by atoms with E-state index in [1.54, 1.807) is 30.2 Å². The van der Waals surface area contributed by atoms with Crippen molar-refractivity contribution in [2.75, 3.05) is 32.1 Å². The second-order valence-corrected chi connectivity index (χ2v) is 7.72. The fourth-order valence-electron chi connectivity index (χ4n) is 3.79. The number of piperidine rings is 1. The molecule has 9 heteroatoms. The molecule has 1 aliphatic carbocycles. The Hall–Kier alpha value is -2.81. The van der Waals surface area contributed by atoms with Gasteiger partial charge < -0.3 is 15.4 Å². The van der Waals surface area contributed by atoms with Crippen molar-refractivity contribution in [3.63, 3.8) is 0 Å². The molecule has 1 saturated heterocycles. The number of halogens is 1. The Morgan fingerprint density at radius 2 is 2.17 bits per heavy atom. The number of methoxy groups -OCH3 is 1. The molecule has 2 aliphatic rings. The maximum absolute atomic E-state index is 14.1. The zero-order valence-corrected chi connectivity index (χ0v) is 16.3. The summed E-state index contributed by atoms with van der Waals surface area (Å²) in [5, 5.41) is 11.3. The molecule has 2 fully saturated rings. The molecule has 4 heterocycles. The van der Waals surface area contributed by atoms with E-state index in [4.69, 9.17) is 9.84 Å². The van der Waals surface area contributed by atoms with Crippen LogP contribution in [0.15, 0.2) is 24.7 Å². The largest absolute Gasteiger partial charge is 0.495 e.